The topological polar surface area (TPSA) is 21.3 Å². The van der Waals surface area contributed by atoms with Gasteiger partial charge in [0, 0.05) is 6.04 Å². The molecular weight excluding hydrogens is 210 g/mol. The van der Waals surface area contributed by atoms with Crippen molar-refractivity contribution in [1.82, 2.24) is 5.48 Å². The molecule has 0 saturated heterocycles. The molecular formula is C15H23NO. The number of hydrogen-bond acceptors (Lipinski definition) is 2. The lowest BCUT2D eigenvalue weighted by molar-refractivity contribution is -0.0101. The summed E-state index contributed by atoms with van der Waals surface area (Å²) in [6, 6.07) is 10.8. The normalized spacial score (nSPS) is 19.1. The van der Waals surface area contributed by atoms with Crippen molar-refractivity contribution in [2.75, 3.05) is 0 Å². The summed E-state index contributed by atoms with van der Waals surface area (Å²) in [7, 11) is 0. The van der Waals surface area contributed by atoms with Crippen LogP contribution in [0.15, 0.2) is 30.3 Å². The molecule has 2 nitrogen and oxygen atoms in total. The Labute approximate surface area is 104 Å². The summed E-state index contributed by atoms with van der Waals surface area (Å²) in [5.41, 5.74) is 4.42. The zero-order valence-electron chi connectivity index (χ0n) is 10.7. The van der Waals surface area contributed by atoms with Crippen molar-refractivity contribution in [2.24, 2.45) is 5.92 Å². The fourth-order valence-corrected chi connectivity index (χ4v) is 2.56. The zero-order valence-corrected chi connectivity index (χ0v) is 10.7. The van der Waals surface area contributed by atoms with Gasteiger partial charge in [0.25, 0.3) is 0 Å². The van der Waals surface area contributed by atoms with Gasteiger partial charge in [-0.3, -0.25) is 4.84 Å². The SMILES string of the molecule is C[C@@H](NOCc1ccccc1)C1CCCCC1. The van der Waals surface area contributed by atoms with Crippen LogP contribution in [0.3, 0.4) is 0 Å². The molecule has 1 aliphatic rings. The molecule has 1 saturated carbocycles. The summed E-state index contributed by atoms with van der Waals surface area (Å²) >= 11 is 0. The maximum atomic E-state index is 5.58. The van der Waals surface area contributed by atoms with E-state index >= 15 is 0 Å². The lowest BCUT2D eigenvalue weighted by Gasteiger charge is -2.27. The van der Waals surface area contributed by atoms with Crippen molar-refractivity contribution in [3.05, 3.63) is 35.9 Å². The molecule has 1 aliphatic carbocycles. The highest BCUT2D eigenvalue weighted by atomic mass is 16.6. The minimum absolute atomic E-state index is 0.471. The van der Waals surface area contributed by atoms with Gasteiger partial charge in [-0.15, -0.1) is 0 Å². The van der Waals surface area contributed by atoms with Crippen molar-refractivity contribution in [3.8, 4) is 0 Å². The Hall–Kier alpha value is -0.860. The first-order valence-electron chi connectivity index (χ1n) is 6.77. The molecule has 1 N–H and O–H groups in total. The maximum absolute atomic E-state index is 5.58. The van der Waals surface area contributed by atoms with Crippen LogP contribution in [0.4, 0.5) is 0 Å². The Bertz CT molecular complexity index is 306. The fourth-order valence-electron chi connectivity index (χ4n) is 2.56. The second-order valence-electron chi connectivity index (χ2n) is 5.08. The first-order valence-corrected chi connectivity index (χ1v) is 6.77. The molecule has 0 radical (unpaired) electrons. The van der Waals surface area contributed by atoms with Gasteiger partial charge < -0.3 is 0 Å². The summed E-state index contributed by atoms with van der Waals surface area (Å²) in [6.07, 6.45) is 6.88. The third kappa shape index (κ3) is 4.14. The molecule has 1 fully saturated rings. The van der Waals surface area contributed by atoms with Crippen molar-refractivity contribution in [2.45, 2.75) is 51.7 Å². The van der Waals surface area contributed by atoms with Crippen molar-refractivity contribution in [3.63, 3.8) is 0 Å². The number of rotatable bonds is 5. The van der Waals surface area contributed by atoms with Crippen LogP contribution in [0.2, 0.25) is 0 Å². The molecule has 1 aromatic rings. The van der Waals surface area contributed by atoms with E-state index in [0.717, 1.165) is 5.92 Å². The van der Waals surface area contributed by atoms with E-state index in [1.807, 2.05) is 18.2 Å². The average Bonchev–Trinajstić information content (AvgIpc) is 2.41. The molecule has 1 atom stereocenters. The van der Waals surface area contributed by atoms with E-state index in [2.05, 4.69) is 24.5 Å². The monoisotopic (exact) mass is 233 g/mol. The number of hydrogen-bond donors (Lipinski definition) is 1. The first kappa shape index (κ1) is 12.6. The van der Waals surface area contributed by atoms with E-state index in [4.69, 9.17) is 4.84 Å². The molecule has 2 heteroatoms. The molecule has 94 valence electrons. The van der Waals surface area contributed by atoms with E-state index in [9.17, 15) is 0 Å². The Balaban J connectivity index is 1.67. The fraction of sp³-hybridized carbons (Fsp3) is 0.600. The summed E-state index contributed by atoms with van der Waals surface area (Å²) in [6.45, 7) is 2.89. The van der Waals surface area contributed by atoms with Crippen molar-refractivity contribution < 1.29 is 4.84 Å². The highest BCUT2D eigenvalue weighted by Crippen LogP contribution is 2.26. The summed E-state index contributed by atoms with van der Waals surface area (Å²) in [5, 5.41) is 0. The lowest BCUT2D eigenvalue weighted by Crippen LogP contribution is -2.34. The molecule has 0 amide bonds. The smallest absolute Gasteiger partial charge is 0.0933 e. The molecule has 0 unspecified atom stereocenters. The molecule has 0 aliphatic heterocycles. The second kappa shape index (κ2) is 6.77. The second-order valence-corrected chi connectivity index (χ2v) is 5.08. The Morgan fingerprint density at radius 2 is 1.88 bits per heavy atom. The van der Waals surface area contributed by atoms with E-state index in [1.54, 1.807) is 0 Å². The molecule has 0 aromatic heterocycles. The predicted octanol–water partition coefficient (Wildman–Crippen LogP) is 3.68. The van der Waals surface area contributed by atoms with Gasteiger partial charge in [0.1, 0.15) is 0 Å². The Morgan fingerprint density at radius 1 is 1.18 bits per heavy atom. The summed E-state index contributed by atoms with van der Waals surface area (Å²) in [4.78, 5) is 5.58. The zero-order chi connectivity index (χ0) is 11.9. The van der Waals surface area contributed by atoms with E-state index < -0.39 is 0 Å². The largest absolute Gasteiger partial charge is 0.297 e. The van der Waals surface area contributed by atoms with E-state index in [1.165, 1.54) is 37.7 Å². The highest BCUT2D eigenvalue weighted by Gasteiger charge is 2.19. The van der Waals surface area contributed by atoms with Crippen molar-refractivity contribution in [1.29, 1.82) is 0 Å². The standard InChI is InChI=1S/C15H23NO/c1-13(15-10-6-3-7-11-15)16-17-12-14-8-4-2-5-9-14/h2,4-5,8-9,13,15-16H,3,6-7,10-12H2,1H3/t13-/m1/s1. The van der Waals surface area contributed by atoms with Gasteiger partial charge in [-0.05, 0) is 31.2 Å². The van der Waals surface area contributed by atoms with Crippen LogP contribution in [0, 0.1) is 5.92 Å². The molecule has 2 rings (SSSR count). The van der Waals surface area contributed by atoms with E-state index in [0.29, 0.717) is 12.6 Å². The molecule has 17 heavy (non-hydrogen) atoms. The number of benzene rings is 1. The van der Waals surface area contributed by atoms with Gasteiger partial charge in [0.05, 0.1) is 6.61 Å². The molecule has 0 heterocycles. The van der Waals surface area contributed by atoms with Crippen LogP contribution in [-0.4, -0.2) is 6.04 Å². The van der Waals surface area contributed by atoms with Crippen LogP contribution in [0.5, 0.6) is 0 Å². The summed E-state index contributed by atoms with van der Waals surface area (Å²) in [5.74, 6) is 0.791. The maximum Gasteiger partial charge on any atom is 0.0933 e. The Kier molecular flexibility index (Phi) is 5.02. The van der Waals surface area contributed by atoms with Gasteiger partial charge in [-0.2, -0.15) is 5.48 Å². The third-order valence-electron chi connectivity index (χ3n) is 3.71. The number of nitrogens with one attached hydrogen (secondary N) is 1. The van der Waals surface area contributed by atoms with Crippen LogP contribution in [0.1, 0.15) is 44.6 Å². The van der Waals surface area contributed by atoms with Gasteiger partial charge in [0.15, 0.2) is 0 Å². The van der Waals surface area contributed by atoms with Crippen molar-refractivity contribution >= 4 is 0 Å². The van der Waals surface area contributed by atoms with Gasteiger partial charge >= 0.3 is 0 Å². The molecule has 1 aromatic carbocycles. The van der Waals surface area contributed by atoms with E-state index in [-0.39, 0.29) is 0 Å². The van der Waals surface area contributed by atoms with Gasteiger partial charge in [-0.1, -0.05) is 49.6 Å². The Morgan fingerprint density at radius 3 is 2.59 bits per heavy atom. The van der Waals surface area contributed by atoms with Crippen LogP contribution < -0.4 is 5.48 Å². The quantitative estimate of drug-likeness (QED) is 0.783. The lowest BCUT2D eigenvalue weighted by atomic mass is 9.85. The predicted molar refractivity (Wildman–Crippen MR) is 70.4 cm³/mol. The molecule has 0 bridgehead atoms. The minimum atomic E-state index is 0.471. The summed E-state index contributed by atoms with van der Waals surface area (Å²) < 4.78 is 0. The van der Waals surface area contributed by atoms with Gasteiger partial charge in [-0.25, -0.2) is 0 Å². The first-order chi connectivity index (χ1) is 8.36. The third-order valence-corrected chi connectivity index (χ3v) is 3.71. The van der Waals surface area contributed by atoms with Crippen LogP contribution in [-0.2, 0) is 11.4 Å². The number of hydroxylamine groups is 1. The van der Waals surface area contributed by atoms with Crippen LogP contribution >= 0.6 is 0 Å². The molecule has 0 spiro atoms. The average molecular weight is 233 g/mol. The van der Waals surface area contributed by atoms with Crippen LogP contribution in [0.25, 0.3) is 0 Å². The van der Waals surface area contributed by atoms with Gasteiger partial charge in [0.2, 0.25) is 0 Å². The highest BCUT2D eigenvalue weighted by molar-refractivity contribution is 5.13. The minimum Gasteiger partial charge on any atom is -0.297 e.